The van der Waals surface area contributed by atoms with E-state index in [1.54, 1.807) is 14.2 Å². The van der Waals surface area contributed by atoms with E-state index in [9.17, 15) is 0 Å². The summed E-state index contributed by atoms with van der Waals surface area (Å²) < 4.78 is 10.3. The van der Waals surface area contributed by atoms with E-state index in [0.29, 0.717) is 0 Å². The van der Waals surface area contributed by atoms with Crippen LogP contribution in [0.4, 0.5) is 0 Å². The number of allylic oxidation sites excluding steroid dienone is 1. The average molecular weight is 278 g/mol. The van der Waals surface area contributed by atoms with E-state index in [0.717, 1.165) is 22.6 Å². The highest BCUT2D eigenvalue weighted by molar-refractivity contribution is 5.53. The Labute approximate surface area is 126 Å². The first-order chi connectivity index (χ1) is 10.3. The van der Waals surface area contributed by atoms with Crippen molar-refractivity contribution >= 4 is 6.08 Å². The van der Waals surface area contributed by atoms with Crippen molar-refractivity contribution in [3.63, 3.8) is 0 Å². The molecule has 2 rings (SSSR count). The Balaban J connectivity index is 2.13. The highest BCUT2D eigenvalue weighted by Gasteiger charge is 2.04. The summed E-state index contributed by atoms with van der Waals surface area (Å²) in [5, 5.41) is 0. The van der Waals surface area contributed by atoms with Crippen molar-refractivity contribution in [3.8, 4) is 23.8 Å². The van der Waals surface area contributed by atoms with Crippen LogP contribution in [0, 0.1) is 12.3 Å². The summed E-state index contributed by atoms with van der Waals surface area (Å²) in [5.41, 5.74) is 2.16. The van der Waals surface area contributed by atoms with Crippen molar-refractivity contribution in [2.24, 2.45) is 0 Å². The Morgan fingerprint density at radius 3 is 1.90 bits per heavy atom. The van der Waals surface area contributed by atoms with Crippen LogP contribution in [0.2, 0.25) is 0 Å². The monoisotopic (exact) mass is 278 g/mol. The molecule has 0 N–H and O–H groups in total. The zero-order valence-corrected chi connectivity index (χ0v) is 12.2. The fraction of sp³-hybridized carbons (Fsp3) is 0.158. The van der Waals surface area contributed by atoms with Crippen molar-refractivity contribution in [1.82, 2.24) is 0 Å². The second kappa shape index (κ2) is 7.21. The molecule has 0 aromatic heterocycles. The molecule has 1 atom stereocenters. The Morgan fingerprint density at radius 1 is 0.905 bits per heavy atom. The number of ether oxygens (including phenoxy) is 2. The number of benzene rings is 2. The van der Waals surface area contributed by atoms with Gasteiger partial charge >= 0.3 is 0 Å². The molecule has 2 heteroatoms. The molecule has 21 heavy (non-hydrogen) atoms. The van der Waals surface area contributed by atoms with E-state index >= 15 is 0 Å². The summed E-state index contributed by atoms with van der Waals surface area (Å²) in [5.74, 6) is 4.41. The number of methoxy groups -OCH3 is 2. The quantitative estimate of drug-likeness (QED) is 0.765. The van der Waals surface area contributed by atoms with Gasteiger partial charge < -0.3 is 9.47 Å². The van der Waals surface area contributed by atoms with Gasteiger partial charge in [-0.2, -0.15) is 0 Å². The lowest BCUT2D eigenvalue weighted by atomic mass is 9.98. The fourth-order valence-electron chi connectivity index (χ4n) is 2.00. The molecule has 1 unspecified atom stereocenters. The highest BCUT2D eigenvalue weighted by atomic mass is 16.5. The van der Waals surface area contributed by atoms with E-state index in [-0.39, 0.29) is 5.92 Å². The molecule has 0 bridgehead atoms. The van der Waals surface area contributed by atoms with Crippen molar-refractivity contribution in [2.45, 2.75) is 5.92 Å². The van der Waals surface area contributed by atoms with Crippen molar-refractivity contribution in [3.05, 3.63) is 65.7 Å². The summed E-state index contributed by atoms with van der Waals surface area (Å²) in [6, 6.07) is 15.7. The summed E-state index contributed by atoms with van der Waals surface area (Å²) in [4.78, 5) is 0. The predicted molar refractivity (Wildman–Crippen MR) is 86.6 cm³/mol. The van der Waals surface area contributed by atoms with E-state index in [1.165, 1.54) is 0 Å². The van der Waals surface area contributed by atoms with Crippen LogP contribution in [-0.2, 0) is 0 Å². The number of hydrogen-bond donors (Lipinski definition) is 0. The van der Waals surface area contributed by atoms with Crippen LogP contribution in [0.3, 0.4) is 0 Å². The van der Waals surface area contributed by atoms with Gasteiger partial charge in [0, 0.05) is 0 Å². The zero-order valence-electron chi connectivity index (χ0n) is 12.2. The van der Waals surface area contributed by atoms with Gasteiger partial charge in [-0.3, -0.25) is 0 Å². The number of hydrogen-bond acceptors (Lipinski definition) is 2. The van der Waals surface area contributed by atoms with Crippen molar-refractivity contribution in [2.75, 3.05) is 14.2 Å². The van der Waals surface area contributed by atoms with E-state index in [4.69, 9.17) is 15.9 Å². The number of rotatable bonds is 5. The standard InChI is InChI=1S/C19H18O2/c1-4-16(17-9-13-19(21-3)14-10-17)8-5-15-6-11-18(20-2)12-7-15/h1,5-14,16H,2-3H3/b8-5+. The van der Waals surface area contributed by atoms with Crippen LogP contribution < -0.4 is 9.47 Å². The molecule has 0 saturated carbocycles. The molecule has 0 fully saturated rings. The Bertz CT molecular complexity index is 631. The van der Waals surface area contributed by atoms with E-state index in [2.05, 4.69) is 5.92 Å². The predicted octanol–water partition coefficient (Wildman–Crippen LogP) is 4.13. The minimum Gasteiger partial charge on any atom is -0.497 e. The topological polar surface area (TPSA) is 18.5 Å². The molecular weight excluding hydrogens is 260 g/mol. The molecule has 0 aliphatic carbocycles. The molecule has 2 aromatic rings. The van der Waals surface area contributed by atoms with E-state index < -0.39 is 0 Å². The van der Waals surface area contributed by atoms with Crippen molar-refractivity contribution in [1.29, 1.82) is 0 Å². The lowest BCUT2D eigenvalue weighted by Crippen LogP contribution is -1.92. The van der Waals surface area contributed by atoms with Gasteiger partial charge in [-0.25, -0.2) is 0 Å². The Kier molecular flexibility index (Phi) is 5.06. The normalized spacial score (nSPS) is 11.9. The second-order valence-electron chi connectivity index (χ2n) is 4.55. The third-order valence-electron chi connectivity index (χ3n) is 3.25. The smallest absolute Gasteiger partial charge is 0.118 e. The van der Waals surface area contributed by atoms with Crippen LogP contribution in [0.5, 0.6) is 11.5 Å². The molecule has 0 amide bonds. The van der Waals surface area contributed by atoms with Gasteiger partial charge in [0.2, 0.25) is 0 Å². The summed E-state index contributed by atoms with van der Waals surface area (Å²) in [7, 11) is 3.31. The van der Waals surface area contributed by atoms with Crippen molar-refractivity contribution < 1.29 is 9.47 Å². The van der Waals surface area contributed by atoms with Crippen LogP contribution in [0.1, 0.15) is 17.0 Å². The molecule has 0 radical (unpaired) electrons. The number of terminal acetylenes is 1. The molecule has 106 valence electrons. The maximum Gasteiger partial charge on any atom is 0.118 e. The van der Waals surface area contributed by atoms with Gasteiger partial charge in [0.15, 0.2) is 0 Å². The molecule has 0 heterocycles. The molecular formula is C19H18O2. The maximum absolute atomic E-state index is 5.63. The maximum atomic E-state index is 5.63. The molecule has 0 saturated heterocycles. The van der Waals surface area contributed by atoms with Crippen LogP contribution in [0.25, 0.3) is 6.08 Å². The minimum atomic E-state index is -0.0574. The second-order valence-corrected chi connectivity index (χ2v) is 4.55. The largest absolute Gasteiger partial charge is 0.497 e. The molecule has 0 aliphatic rings. The first-order valence-electron chi connectivity index (χ1n) is 6.69. The Hall–Kier alpha value is -2.66. The van der Waals surface area contributed by atoms with Gasteiger partial charge in [0.05, 0.1) is 20.1 Å². The lowest BCUT2D eigenvalue weighted by molar-refractivity contribution is 0.414. The minimum absolute atomic E-state index is 0.0574. The summed E-state index contributed by atoms with van der Waals surface area (Å²) in [6.07, 6.45) is 9.67. The molecule has 0 spiro atoms. The third-order valence-corrected chi connectivity index (χ3v) is 3.25. The van der Waals surface area contributed by atoms with Crippen LogP contribution >= 0.6 is 0 Å². The first-order valence-corrected chi connectivity index (χ1v) is 6.69. The van der Waals surface area contributed by atoms with Crippen LogP contribution in [-0.4, -0.2) is 14.2 Å². The molecule has 2 aromatic carbocycles. The summed E-state index contributed by atoms with van der Waals surface area (Å²) >= 11 is 0. The average Bonchev–Trinajstić information content (AvgIpc) is 2.56. The van der Waals surface area contributed by atoms with Gasteiger partial charge in [0.25, 0.3) is 0 Å². The molecule has 2 nitrogen and oxygen atoms in total. The fourth-order valence-corrected chi connectivity index (χ4v) is 2.00. The summed E-state index contributed by atoms with van der Waals surface area (Å²) in [6.45, 7) is 0. The van der Waals surface area contributed by atoms with Gasteiger partial charge in [-0.15, -0.1) is 6.42 Å². The SMILES string of the molecule is C#CC(/C=C/c1ccc(OC)cc1)c1ccc(OC)cc1. The third kappa shape index (κ3) is 3.90. The highest BCUT2D eigenvalue weighted by Crippen LogP contribution is 2.21. The van der Waals surface area contributed by atoms with Gasteiger partial charge in [0.1, 0.15) is 11.5 Å². The van der Waals surface area contributed by atoms with Gasteiger partial charge in [-0.1, -0.05) is 42.3 Å². The van der Waals surface area contributed by atoms with E-state index in [1.807, 2.05) is 60.7 Å². The van der Waals surface area contributed by atoms with Crippen LogP contribution in [0.15, 0.2) is 54.6 Å². The Morgan fingerprint density at radius 2 is 1.43 bits per heavy atom. The lowest BCUT2D eigenvalue weighted by Gasteiger charge is -2.07. The van der Waals surface area contributed by atoms with Gasteiger partial charge in [-0.05, 0) is 35.4 Å². The molecule has 0 aliphatic heterocycles. The zero-order chi connectivity index (χ0) is 15.1. The first kappa shape index (κ1) is 14.7.